The summed E-state index contributed by atoms with van der Waals surface area (Å²) in [5, 5.41) is 9.35. The number of benzene rings is 3. The predicted octanol–water partition coefficient (Wildman–Crippen LogP) is 6.01. The Bertz CT molecular complexity index is 1100. The fraction of sp³-hybridized carbons (Fsp3) is 0.0500. The van der Waals surface area contributed by atoms with Gasteiger partial charge in [-0.3, -0.25) is 0 Å². The van der Waals surface area contributed by atoms with Crippen LogP contribution in [0.5, 0.6) is 17.2 Å². The molecule has 1 heterocycles. The number of halogens is 3. The summed E-state index contributed by atoms with van der Waals surface area (Å²) in [7, 11) is 0. The van der Waals surface area contributed by atoms with Gasteiger partial charge < -0.3 is 14.3 Å². The largest absolute Gasteiger partial charge is 0.508 e. The fourth-order valence-electron chi connectivity index (χ4n) is 2.57. The van der Waals surface area contributed by atoms with Gasteiger partial charge in [0.25, 0.3) is 0 Å². The van der Waals surface area contributed by atoms with Crippen LogP contribution in [-0.4, -0.2) is 10.1 Å². The Hall–Kier alpha value is -3.48. The molecule has 0 fully saturated rings. The van der Waals surface area contributed by atoms with E-state index in [2.05, 4.69) is 4.98 Å². The maximum Gasteiger partial charge on any atom is 0.416 e. The van der Waals surface area contributed by atoms with Crippen LogP contribution in [0.1, 0.15) is 5.56 Å². The molecule has 4 nitrogen and oxygen atoms in total. The Morgan fingerprint density at radius 1 is 0.889 bits per heavy atom. The van der Waals surface area contributed by atoms with Gasteiger partial charge in [0.05, 0.1) is 5.56 Å². The average Bonchev–Trinajstić information content (AvgIpc) is 3.05. The van der Waals surface area contributed by atoms with Crippen LogP contribution < -0.4 is 4.74 Å². The van der Waals surface area contributed by atoms with Crippen molar-refractivity contribution < 1.29 is 27.4 Å². The minimum absolute atomic E-state index is 0.0717. The number of hydrogen-bond donors (Lipinski definition) is 1. The van der Waals surface area contributed by atoms with Gasteiger partial charge in [-0.05, 0) is 54.6 Å². The van der Waals surface area contributed by atoms with Gasteiger partial charge in [-0.2, -0.15) is 13.2 Å². The molecule has 0 radical (unpaired) electrons. The first-order chi connectivity index (χ1) is 12.9. The van der Waals surface area contributed by atoms with Gasteiger partial charge in [-0.15, -0.1) is 0 Å². The summed E-state index contributed by atoms with van der Waals surface area (Å²) in [6, 6.07) is 15.8. The third-order valence-corrected chi connectivity index (χ3v) is 3.87. The molecule has 4 rings (SSSR count). The highest BCUT2D eigenvalue weighted by molar-refractivity contribution is 5.77. The molecule has 0 saturated carbocycles. The topological polar surface area (TPSA) is 55.5 Å². The third-order valence-electron chi connectivity index (χ3n) is 3.87. The number of hydrogen-bond acceptors (Lipinski definition) is 4. The summed E-state index contributed by atoms with van der Waals surface area (Å²) in [5.74, 6) is 0.894. The molecule has 136 valence electrons. The third kappa shape index (κ3) is 3.57. The molecule has 0 aliphatic carbocycles. The molecule has 1 N–H and O–H groups in total. The first-order valence-electron chi connectivity index (χ1n) is 7.94. The number of oxazole rings is 1. The quantitative estimate of drug-likeness (QED) is 0.479. The van der Waals surface area contributed by atoms with Gasteiger partial charge in [-0.25, -0.2) is 4.98 Å². The smallest absolute Gasteiger partial charge is 0.416 e. The number of aromatic hydroxyl groups is 1. The standard InChI is InChI=1S/C20H12F3NO3/c21-20(22,23)13-2-1-3-15(10-13)26-16-8-9-17-18(11-16)27-19(24-17)12-4-6-14(25)7-5-12/h1-11,25H. The summed E-state index contributed by atoms with van der Waals surface area (Å²) in [6.45, 7) is 0. The lowest BCUT2D eigenvalue weighted by Crippen LogP contribution is -2.04. The van der Waals surface area contributed by atoms with E-state index in [0.29, 0.717) is 28.3 Å². The minimum atomic E-state index is -4.44. The Balaban J connectivity index is 1.63. The van der Waals surface area contributed by atoms with Crippen LogP contribution in [0.3, 0.4) is 0 Å². The van der Waals surface area contributed by atoms with Gasteiger partial charge in [0, 0.05) is 11.6 Å². The van der Waals surface area contributed by atoms with Crippen molar-refractivity contribution in [2.24, 2.45) is 0 Å². The highest BCUT2D eigenvalue weighted by Crippen LogP contribution is 2.34. The zero-order chi connectivity index (χ0) is 19.0. The van der Waals surface area contributed by atoms with E-state index in [1.54, 1.807) is 30.3 Å². The molecule has 1 aromatic heterocycles. The normalized spacial score (nSPS) is 11.7. The Kier molecular flexibility index (Phi) is 3.99. The molecule has 0 bridgehead atoms. The second-order valence-electron chi connectivity index (χ2n) is 5.82. The number of nitrogens with zero attached hydrogens (tertiary/aromatic N) is 1. The Morgan fingerprint density at radius 2 is 1.63 bits per heavy atom. The zero-order valence-electron chi connectivity index (χ0n) is 13.7. The highest BCUT2D eigenvalue weighted by atomic mass is 19.4. The van der Waals surface area contributed by atoms with E-state index in [1.807, 2.05) is 0 Å². The lowest BCUT2D eigenvalue weighted by Gasteiger charge is -2.09. The first kappa shape index (κ1) is 17.0. The van der Waals surface area contributed by atoms with Gasteiger partial charge in [-0.1, -0.05) is 6.07 Å². The van der Waals surface area contributed by atoms with Crippen molar-refractivity contribution in [3.8, 4) is 28.7 Å². The van der Waals surface area contributed by atoms with Crippen LogP contribution >= 0.6 is 0 Å². The Labute approximate surface area is 151 Å². The lowest BCUT2D eigenvalue weighted by molar-refractivity contribution is -0.137. The summed E-state index contributed by atoms with van der Waals surface area (Å²) in [6.07, 6.45) is -4.44. The molecule has 4 aromatic rings. The molecular weight excluding hydrogens is 359 g/mol. The van der Waals surface area contributed by atoms with Gasteiger partial charge in [0.1, 0.15) is 22.8 Å². The number of fused-ring (bicyclic) bond motifs is 1. The second kappa shape index (κ2) is 6.35. The van der Waals surface area contributed by atoms with Crippen molar-refractivity contribution in [1.82, 2.24) is 4.98 Å². The van der Waals surface area contributed by atoms with E-state index in [0.717, 1.165) is 12.1 Å². The maximum atomic E-state index is 12.8. The van der Waals surface area contributed by atoms with Crippen LogP contribution in [-0.2, 0) is 6.18 Å². The first-order valence-corrected chi connectivity index (χ1v) is 7.94. The van der Waals surface area contributed by atoms with Crippen LogP contribution in [0.25, 0.3) is 22.6 Å². The fourth-order valence-corrected chi connectivity index (χ4v) is 2.57. The van der Waals surface area contributed by atoms with Gasteiger partial charge in [0.2, 0.25) is 5.89 Å². The summed E-state index contributed by atoms with van der Waals surface area (Å²) < 4.78 is 49.7. The van der Waals surface area contributed by atoms with Crippen LogP contribution in [0.15, 0.2) is 71.1 Å². The van der Waals surface area contributed by atoms with E-state index in [-0.39, 0.29) is 11.5 Å². The maximum absolute atomic E-state index is 12.8. The summed E-state index contributed by atoms with van der Waals surface area (Å²) >= 11 is 0. The van der Waals surface area contributed by atoms with Gasteiger partial charge >= 0.3 is 6.18 Å². The van der Waals surface area contributed by atoms with Crippen LogP contribution in [0, 0.1) is 0 Å². The number of phenolic OH excluding ortho intramolecular Hbond substituents is 1. The van der Waals surface area contributed by atoms with Gasteiger partial charge in [0.15, 0.2) is 5.58 Å². The van der Waals surface area contributed by atoms with Crippen LogP contribution in [0.4, 0.5) is 13.2 Å². The molecule has 0 saturated heterocycles. The minimum Gasteiger partial charge on any atom is -0.508 e. The average molecular weight is 371 g/mol. The molecule has 0 aliphatic heterocycles. The summed E-state index contributed by atoms with van der Waals surface area (Å²) in [5.41, 5.74) is 0.914. The van der Waals surface area contributed by atoms with E-state index in [4.69, 9.17) is 9.15 Å². The number of alkyl halides is 3. The molecular formula is C20H12F3NO3. The van der Waals surface area contributed by atoms with Crippen LogP contribution in [0.2, 0.25) is 0 Å². The summed E-state index contributed by atoms with van der Waals surface area (Å²) in [4.78, 5) is 4.35. The molecule has 0 unspecified atom stereocenters. The molecule has 0 amide bonds. The highest BCUT2D eigenvalue weighted by Gasteiger charge is 2.30. The molecule has 0 atom stereocenters. The van der Waals surface area contributed by atoms with E-state index >= 15 is 0 Å². The van der Waals surface area contributed by atoms with Crippen molar-refractivity contribution >= 4 is 11.1 Å². The zero-order valence-corrected chi connectivity index (χ0v) is 13.7. The van der Waals surface area contributed by atoms with Crippen molar-refractivity contribution in [2.45, 2.75) is 6.18 Å². The van der Waals surface area contributed by atoms with Crippen molar-refractivity contribution in [3.05, 3.63) is 72.3 Å². The molecule has 0 spiro atoms. The predicted molar refractivity (Wildman–Crippen MR) is 92.6 cm³/mol. The number of phenols is 1. The van der Waals surface area contributed by atoms with E-state index in [1.165, 1.54) is 24.3 Å². The second-order valence-corrected chi connectivity index (χ2v) is 5.82. The van der Waals surface area contributed by atoms with Crippen molar-refractivity contribution in [1.29, 1.82) is 0 Å². The Morgan fingerprint density at radius 3 is 2.37 bits per heavy atom. The molecule has 3 aromatic carbocycles. The molecule has 27 heavy (non-hydrogen) atoms. The van der Waals surface area contributed by atoms with Crippen molar-refractivity contribution in [3.63, 3.8) is 0 Å². The van der Waals surface area contributed by atoms with E-state index in [9.17, 15) is 18.3 Å². The SMILES string of the molecule is Oc1ccc(-c2nc3ccc(Oc4cccc(C(F)(F)F)c4)cc3o2)cc1. The number of aromatic nitrogens is 1. The monoisotopic (exact) mass is 371 g/mol. The molecule has 0 aliphatic rings. The number of ether oxygens (including phenoxy) is 1. The lowest BCUT2D eigenvalue weighted by atomic mass is 10.2. The molecule has 7 heteroatoms. The van der Waals surface area contributed by atoms with E-state index < -0.39 is 11.7 Å². The van der Waals surface area contributed by atoms with Crippen molar-refractivity contribution in [2.75, 3.05) is 0 Å². The number of rotatable bonds is 3.